The van der Waals surface area contributed by atoms with E-state index in [1.165, 1.54) is 0 Å². The SMILES string of the molecule is O=C(CCC1CCN(S(=O)(=O)CC(F)(F)F)CC1)NC1CC1. The third-order valence-corrected chi connectivity index (χ3v) is 5.88. The van der Waals surface area contributed by atoms with E-state index in [1.807, 2.05) is 0 Å². The van der Waals surface area contributed by atoms with E-state index in [0.29, 0.717) is 31.7 Å². The minimum absolute atomic E-state index is 0.00891. The molecular weight excluding hydrogens is 321 g/mol. The van der Waals surface area contributed by atoms with Gasteiger partial charge < -0.3 is 5.32 Å². The standard InChI is InChI=1S/C13H21F3N2O3S/c14-13(15,16)9-22(20,21)18-7-5-10(6-8-18)1-4-12(19)17-11-2-3-11/h10-11H,1-9H2,(H,17,19). The van der Waals surface area contributed by atoms with Gasteiger partial charge in [-0.1, -0.05) is 0 Å². The van der Waals surface area contributed by atoms with E-state index in [2.05, 4.69) is 5.32 Å². The van der Waals surface area contributed by atoms with Crippen LogP contribution in [0.5, 0.6) is 0 Å². The summed E-state index contributed by atoms with van der Waals surface area (Å²) in [5.74, 6) is -1.59. The first kappa shape index (κ1) is 17.5. The zero-order valence-electron chi connectivity index (χ0n) is 12.2. The van der Waals surface area contributed by atoms with Crippen LogP contribution < -0.4 is 5.32 Å². The van der Waals surface area contributed by atoms with Crippen LogP contribution in [-0.4, -0.2) is 49.7 Å². The van der Waals surface area contributed by atoms with Crippen LogP contribution in [0.3, 0.4) is 0 Å². The van der Waals surface area contributed by atoms with Crippen LogP contribution >= 0.6 is 0 Å². The van der Waals surface area contributed by atoms with Gasteiger partial charge in [0.1, 0.15) is 0 Å². The predicted molar refractivity (Wildman–Crippen MR) is 74.5 cm³/mol. The van der Waals surface area contributed by atoms with Crippen LogP contribution in [0.25, 0.3) is 0 Å². The van der Waals surface area contributed by atoms with E-state index in [0.717, 1.165) is 17.1 Å². The van der Waals surface area contributed by atoms with Gasteiger partial charge in [-0.3, -0.25) is 4.79 Å². The Labute approximate surface area is 128 Å². The van der Waals surface area contributed by atoms with E-state index in [4.69, 9.17) is 0 Å². The molecule has 9 heteroatoms. The molecular formula is C13H21F3N2O3S. The van der Waals surface area contributed by atoms with E-state index in [1.54, 1.807) is 0 Å². The molecule has 0 aromatic carbocycles. The maximum atomic E-state index is 12.3. The molecule has 1 saturated heterocycles. The number of hydrogen-bond acceptors (Lipinski definition) is 3. The number of alkyl halides is 3. The third kappa shape index (κ3) is 5.75. The van der Waals surface area contributed by atoms with E-state index >= 15 is 0 Å². The Morgan fingerprint density at radius 2 is 1.73 bits per heavy atom. The molecule has 128 valence electrons. The van der Waals surface area contributed by atoms with Gasteiger partial charge in [0.05, 0.1) is 0 Å². The number of sulfonamides is 1. The van der Waals surface area contributed by atoms with Crippen LogP contribution in [0.1, 0.15) is 38.5 Å². The molecule has 1 aliphatic carbocycles. The van der Waals surface area contributed by atoms with Gasteiger partial charge in [0.25, 0.3) is 0 Å². The summed E-state index contributed by atoms with van der Waals surface area (Å²) in [7, 11) is -4.27. The minimum Gasteiger partial charge on any atom is -0.353 e. The van der Waals surface area contributed by atoms with Gasteiger partial charge in [0.15, 0.2) is 5.75 Å². The molecule has 0 spiro atoms. The molecule has 0 unspecified atom stereocenters. The summed E-state index contributed by atoms with van der Waals surface area (Å²) in [5, 5.41) is 2.88. The van der Waals surface area contributed by atoms with Crippen molar-refractivity contribution < 1.29 is 26.4 Å². The van der Waals surface area contributed by atoms with Crippen molar-refractivity contribution in [2.75, 3.05) is 18.8 Å². The van der Waals surface area contributed by atoms with Crippen molar-refractivity contribution in [2.24, 2.45) is 5.92 Å². The minimum atomic E-state index is -4.71. The van der Waals surface area contributed by atoms with Crippen molar-refractivity contribution in [2.45, 2.75) is 50.7 Å². The number of piperidine rings is 1. The van der Waals surface area contributed by atoms with Gasteiger partial charge in [-0.15, -0.1) is 0 Å². The van der Waals surface area contributed by atoms with Crippen LogP contribution in [-0.2, 0) is 14.8 Å². The fraction of sp³-hybridized carbons (Fsp3) is 0.923. The van der Waals surface area contributed by atoms with Crippen LogP contribution in [0.2, 0.25) is 0 Å². The van der Waals surface area contributed by atoms with E-state index in [9.17, 15) is 26.4 Å². The van der Waals surface area contributed by atoms with Gasteiger partial charge in [-0.25, -0.2) is 12.7 Å². The van der Waals surface area contributed by atoms with Gasteiger partial charge in [-0.2, -0.15) is 13.2 Å². The van der Waals surface area contributed by atoms with Crippen LogP contribution in [0, 0.1) is 5.92 Å². The lowest BCUT2D eigenvalue weighted by molar-refractivity contribution is -0.121. The first-order valence-corrected chi connectivity index (χ1v) is 9.10. The van der Waals surface area contributed by atoms with Gasteiger partial charge >= 0.3 is 6.18 Å². The zero-order valence-corrected chi connectivity index (χ0v) is 13.0. The van der Waals surface area contributed by atoms with Crippen molar-refractivity contribution >= 4 is 15.9 Å². The maximum Gasteiger partial charge on any atom is 0.404 e. The molecule has 1 saturated carbocycles. The van der Waals surface area contributed by atoms with E-state index in [-0.39, 0.29) is 24.9 Å². The lowest BCUT2D eigenvalue weighted by atomic mass is 9.93. The molecule has 0 aromatic heterocycles. The van der Waals surface area contributed by atoms with Crippen molar-refractivity contribution in [3.05, 3.63) is 0 Å². The van der Waals surface area contributed by atoms with Crippen molar-refractivity contribution in [3.8, 4) is 0 Å². The highest BCUT2D eigenvalue weighted by atomic mass is 32.2. The Morgan fingerprint density at radius 1 is 1.14 bits per heavy atom. The second-order valence-corrected chi connectivity index (χ2v) is 8.06. The summed E-state index contributed by atoms with van der Waals surface area (Å²) in [4.78, 5) is 11.6. The Morgan fingerprint density at radius 3 is 2.23 bits per heavy atom. The summed E-state index contributed by atoms with van der Waals surface area (Å²) in [6.45, 7) is 0.209. The molecule has 1 aliphatic heterocycles. The van der Waals surface area contributed by atoms with Crippen LogP contribution in [0.15, 0.2) is 0 Å². The number of nitrogens with one attached hydrogen (secondary N) is 1. The molecule has 22 heavy (non-hydrogen) atoms. The number of carbonyl (C=O) groups is 1. The molecule has 5 nitrogen and oxygen atoms in total. The summed E-state index contributed by atoms with van der Waals surface area (Å²) in [6.07, 6.45) is -0.581. The number of halogens is 3. The first-order valence-electron chi connectivity index (χ1n) is 7.50. The summed E-state index contributed by atoms with van der Waals surface area (Å²) < 4.78 is 61.0. The molecule has 2 fully saturated rings. The Balaban J connectivity index is 1.71. The number of hydrogen-bond donors (Lipinski definition) is 1. The molecule has 0 bridgehead atoms. The average molecular weight is 342 g/mol. The Bertz CT molecular complexity index is 495. The van der Waals surface area contributed by atoms with Gasteiger partial charge in [-0.05, 0) is 38.0 Å². The lowest BCUT2D eigenvalue weighted by Crippen LogP contribution is -2.42. The summed E-state index contributed by atoms with van der Waals surface area (Å²) >= 11 is 0. The maximum absolute atomic E-state index is 12.3. The Hall–Kier alpha value is -0.830. The van der Waals surface area contributed by atoms with E-state index < -0.39 is 22.0 Å². The molecule has 0 radical (unpaired) electrons. The average Bonchev–Trinajstić information content (AvgIpc) is 3.18. The third-order valence-electron chi connectivity index (χ3n) is 4.04. The highest BCUT2D eigenvalue weighted by molar-refractivity contribution is 7.89. The predicted octanol–water partition coefficient (Wildman–Crippen LogP) is 1.65. The molecule has 2 rings (SSSR count). The number of nitrogens with zero attached hydrogens (tertiary/aromatic N) is 1. The van der Waals surface area contributed by atoms with Crippen molar-refractivity contribution in [1.82, 2.24) is 9.62 Å². The Kier molecular flexibility index (Phi) is 5.37. The van der Waals surface area contributed by atoms with Gasteiger partial charge in [0, 0.05) is 25.6 Å². The zero-order chi connectivity index (χ0) is 16.4. The second-order valence-electron chi connectivity index (χ2n) is 6.09. The van der Waals surface area contributed by atoms with Gasteiger partial charge in [0.2, 0.25) is 15.9 Å². The summed E-state index contributed by atoms with van der Waals surface area (Å²) in [5.41, 5.74) is 0. The fourth-order valence-electron chi connectivity index (χ4n) is 2.64. The topological polar surface area (TPSA) is 66.5 Å². The summed E-state index contributed by atoms with van der Waals surface area (Å²) in [6, 6.07) is 0.321. The molecule has 1 heterocycles. The highest BCUT2D eigenvalue weighted by Gasteiger charge is 2.39. The number of amides is 1. The van der Waals surface area contributed by atoms with Crippen molar-refractivity contribution in [1.29, 1.82) is 0 Å². The first-order chi connectivity index (χ1) is 10.2. The normalized spacial score (nSPS) is 21.8. The monoisotopic (exact) mass is 342 g/mol. The largest absolute Gasteiger partial charge is 0.404 e. The molecule has 0 atom stereocenters. The van der Waals surface area contributed by atoms with Crippen molar-refractivity contribution in [3.63, 3.8) is 0 Å². The highest BCUT2D eigenvalue weighted by Crippen LogP contribution is 2.27. The van der Waals surface area contributed by atoms with Crippen LogP contribution in [0.4, 0.5) is 13.2 Å². The molecule has 1 amide bonds. The molecule has 2 aliphatic rings. The molecule has 0 aromatic rings. The number of carbonyl (C=O) groups excluding carboxylic acids is 1. The lowest BCUT2D eigenvalue weighted by Gasteiger charge is -2.31. The quantitative estimate of drug-likeness (QED) is 0.798. The smallest absolute Gasteiger partial charge is 0.353 e. The number of rotatable bonds is 6. The second kappa shape index (κ2) is 6.74. The fourth-order valence-corrected chi connectivity index (χ4v) is 4.00. The molecule has 1 N–H and O–H groups in total.